The van der Waals surface area contributed by atoms with Crippen LogP contribution in [0.1, 0.15) is 37.8 Å². The number of aryl methyl sites for hydroxylation is 1. The largest absolute Gasteiger partial charge is 0.445 e. The third-order valence-corrected chi connectivity index (χ3v) is 6.71. The first-order chi connectivity index (χ1) is 14.1. The Labute approximate surface area is 178 Å². The maximum absolute atomic E-state index is 13.4. The van der Waals surface area contributed by atoms with Gasteiger partial charge in [0.1, 0.15) is 5.76 Å². The molecule has 5 nitrogen and oxygen atoms in total. The van der Waals surface area contributed by atoms with Crippen LogP contribution in [0.25, 0.3) is 0 Å². The van der Waals surface area contributed by atoms with Crippen molar-refractivity contribution in [2.45, 2.75) is 45.1 Å². The molecule has 3 rings (SSSR count). The summed E-state index contributed by atoms with van der Waals surface area (Å²) in [5.74, 6) is 0.361. The van der Waals surface area contributed by atoms with E-state index in [1.54, 1.807) is 24.3 Å². The minimum Gasteiger partial charge on any atom is -0.445 e. The van der Waals surface area contributed by atoms with E-state index in [2.05, 4.69) is 6.58 Å². The molecule has 0 saturated heterocycles. The van der Waals surface area contributed by atoms with Crippen molar-refractivity contribution < 1.29 is 17.9 Å². The Morgan fingerprint density at radius 2 is 1.70 bits per heavy atom. The predicted octanol–water partition coefficient (Wildman–Crippen LogP) is 4.95. The Bertz CT molecular complexity index is 1070. The zero-order chi connectivity index (χ0) is 21.9. The number of benzene rings is 2. The topological polar surface area (TPSA) is 63.7 Å². The molecule has 30 heavy (non-hydrogen) atoms. The Morgan fingerprint density at radius 1 is 1.07 bits per heavy atom. The minimum absolute atomic E-state index is 0.0313. The second-order valence-corrected chi connectivity index (χ2v) is 10.3. The van der Waals surface area contributed by atoms with E-state index < -0.39 is 10.0 Å². The molecule has 0 N–H and O–H groups in total. The van der Waals surface area contributed by atoms with Crippen molar-refractivity contribution in [3.05, 3.63) is 90.0 Å². The lowest BCUT2D eigenvalue weighted by Crippen LogP contribution is -2.32. The van der Waals surface area contributed by atoms with Crippen LogP contribution in [0.2, 0.25) is 0 Å². The summed E-state index contributed by atoms with van der Waals surface area (Å²) in [6, 6.07) is 15.9. The molecule has 2 aromatic rings. The fourth-order valence-electron chi connectivity index (χ4n) is 3.45. The van der Waals surface area contributed by atoms with Crippen molar-refractivity contribution in [3.8, 4) is 0 Å². The molecule has 0 atom stereocenters. The van der Waals surface area contributed by atoms with E-state index in [-0.39, 0.29) is 28.5 Å². The van der Waals surface area contributed by atoms with Crippen molar-refractivity contribution in [2.75, 3.05) is 0 Å². The summed E-state index contributed by atoms with van der Waals surface area (Å²) in [5.41, 5.74) is 1.51. The predicted molar refractivity (Wildman–Crippen MR) is 117 cm³/mol. The summed E-state index contributed by atoms with van der Waals surface area (Å²) in [5, 5.41) is 0. The van der Waals surface area contributed by atoms with Gasteiger partial charge in [0.25, 0.3) is 10.0 Å². The molecule has 0 spiro atoms. The van der Waals surface area contributed by atoms with Crippen LogP contribution in [0.5, 0.6) is 0 Å². The normalized spacial score (nSPS) is 16.0. The molecule has 0 aliphatic heterocycles. The number of carbonyl (C=O) groups is 1. The van der Waals surface area contributed by atoms with Crippen LogP contribution in [0.4, 0.5) is 0 Å². The Kier molecular flexibility index (Phi) is 6.17. The quantitative estimate of drug-likeness (QED) is 0.589. The van der Waals surface area contributed by atoms with Gasteiger partial charge in [0.05, 0.1) is 11.4 Å². The summed E-state index contributed by atoms with van der Waals surface area (Å²) in [4.78, 5) is 12.2. The molecule has 1 aliphatic carbocycles. The lowest BCUT2D eigenvalue weighted by Gasteiger charge is -2.31. The van der Waals surface area contributed by atoms with Crippen LogP contribution in [-0.4, -0.2) is 18.5 Å². The molecule has 2 aromatic carbocycles. The number of allylic oxidation sites excluding steroid dienone is 2. The van der Waals surface area contributed by atoms with E-state index in [9.17, 15) is 13.2 Å². The number of sulfonamides is 1. The average molecular weight is 426 g/mol. The van der Waals surface area contributed by atoms with Crippen molar-refractivity contribution in [2.24, 2.45) is 5.41 Å². The molecule has 0 saturated carbocycles. The molecule has 0 radical (unpaired) electrons. The summed E-state index contributed by atoms with van der Waals surface area (Å²) in [6.45, 7) is 9.83. The van der Waals surface area contributed by atoms with Crippen LogP contribution >= 0.6 is 0 Å². The summed E-state index contributed by atoms with van der Waals surface area (Å²) < 4.78 is 33.9. The van der Waals surface area contributed by atoms with Gasteiger partial charge in [0, 0.05) is 18.9 Å². The highest BCUT2D eigenvalue weighted by Gasteiger charge is 2.32. The second-order valence-electron chi connectivity index (χ2n) is 8.40. The van der Waals surface area contributed by atoms with E-state index >= 15 is 0 Å². The first-order valence-corrected chi connectivity index (χ1v) is 11.2. The standard InChI is InChI=1S/C24H27NO4S/c1-18-10-12-23(13-11-18)30(27,28)25(17-20-8-6-5-7-9-20)19(2)29-22-14-21(26)15-24(3,4)16-22/h5-14H,2,15-17H2,1,3-4H3. The second kappa shape index (κ2) is 8.48. The Balaban J connectivity index is 1.94. The Hall–Kier alpha value is -2.86. The molecule has 6 heteroatoms. The highest BCUT2D eigenvalue weighted by molar-refractivity contribution is 7.89. The van der Waals surface area contributed by atoms with Crippen LogP contribution in [0, 0.1) is 12.3 Å². The molecule has 0 unspecified atom stereocenters. The highest BCUT2D eigenvalue weighted by Crippen LogP contribution is 2.35. The fraction of sp³-hybridized carbons (Fsp3) is 0.292. The number of hydrogen-bond acceptors (Lipinski definition) is 4. The molecule has 1 aliphatic rings. The molecule has 0 fully saturated rings. The molecular formula is C24H27NO4S. The lowest BCUT2D eigenvalue weighted by atomic mass is 9.79. The van der Waals surface area contributed by atoms with E-state index in [1.807, 2.05) is 51.1 Å². The van der Waals surface area contributed by atoms with Crippen LogP contribution in [0.15, 0.2) is 83.8 Å². The van der Waals surface area contributed by atoms with E-state index in [1.165, 1.54) is 6.08 Å². The van der Waals surface area contributed by atoms with Gasteiger partial charge < -0.3 is 4.74 Å². The van der Waals surface area contributed by atoms with Crippen LogP contribution < -0.4 is 0 Å². The zero-order valence-electron chi connectivity index (χ0n) is 17.6. The van der Waals surface area contributed by atoms with Crippen molar-refractivity contribution in [1.82, 2.24) is 4.31 Å². The number of hydrogen-bond donors (Lipinski definition) is 0. The number of nitrogens with zero attached hydrogens (tertiary/aromatic N) is 1. The molecule has 0 aromatic heterocycles. The number of ketones is 1. The van der Waals surface area contributed by atoms with Gasteiger partial charge >= 0.3 is 0 Å². The van der Waals surface area contributed by atoms with Crippen LogP contribution in [0.3, 0.4) is 0 Å². The van der Waals surface area contributed by atoms with Gasteiger partial charge in [0.2, 0.25) is 5.88 Å². The van der Waals surface area contributed by atoms with E-state index in [0.717, 1.165) is 15.4 Å². The third-order valence-electron chi connectivity index (χ3n) is 4.93. The van der Waals surface area contributed by atoms with Gasteiger partial charge in [-0.05, 0) is 36.6 Å². The Morgan fingerprint density at radius 3 is 2.30 bits per heavy atom. The monoisotopic (exact) mass is 425 g/mol. The first kappa shape index (κ1) is 21.8. The average Bonchev–Trinajstić information content (AvgIpc) is 2.65. The van der Waals surface area contributed by atoms with Crippen molar-refractivity contribution >= 4 is 15.8 Å². The molecule has 0 bridgehead atoms. The first-order valence-electron chi connectivity index (χ1n) is 9.80. The van der Waals surface area contributed by atoms with Crippen LogP contribution in [-0.2, 0) is 26.1 Å². The lowest BCUT2D eigenvalue weighted by molar-refractivity contribution is -0.117. The van der Waals surface area contributed by atoms with Gasteiger partial charge in [-0.25, -0.2) is 12.7 Å². The third kappa shape index (κ3) is 5.19. The van der Waals surface area contributed by atoms with Crippen molar-refractivity contribution in [1.29, 1.82) is 0 Å². The summed E-state index contributed by atoms with van der Waals surface area (Å²) in [6.07, 6.45) is 2.40. The van der Waals surface area contributed by atoms with Crippen molar-refractivity contribution in [3.63, 3.8) is 0 Å². The summed E-state index contributed by atoms with van der Waals surface area (Å²) in [7, 11) is -3.91. The van der Waals surface area contributed by atoms with Gasteiger partial charge in [-0.1, -0.05) is 61.9 Å². The maximum atomic E-state index is 13.4. The van der Waals surface area contributed by atoms with Gasteiger partial charge in [0.15, 0.2) is 5.78 Å². The minimum atomic E-state index is -3.91. The molecule has 0 heterocycles. The molecule has 0 amide bonds. The number of ether oxygens (including phenoxy) is 1. The smallest absolute Gasteiger partial charge is 0.266 e. The number of carbonyl (C=O) groups excluding carboxylic acids is 1. The van der Waals surface area contributed by atoms with E-state index in [4.69, 9.17) is 4.74 Å². The highest BCUT2D eigenvalue weighted by atomic mass is 32.2. The van der Waals surface area contributed by atoms with E-state index in [0.29, 0.717) is 18.6 Å². The van der Waals surface area contributed by atoms with Gasteiger partial charge in [-0.3, -0.25) is 4.79 Å². The molecular weight excluding hydrogens is 398 g/mol. The SMILES string of the molecule is C=C(OC1=CC(=O)CC(C)(C)C1)N(Cc1ccccc1)S(=O)(=O)c1ccc(C)cc1. The van der Waals surface area contributed by atoms with Gasteiger partial charge in [-0.2, -0.15) is 0 Å². The van der Waals surface area contributed by atoms with Gasteiger partial charge in [-0.15, -0.1) is 0 Å². The number of rotatable bonds is 7. The summed E-state index contributed by atoms with van der Waals surface area (Å²) >= 11 is 0. The maximum Gasteiger partial charge on any atom is 0.266 e. The molecule has 158 valence electrons. The zero-order valence-corrected chi connectivity index (χ0v) is 18.4. The fourth-order valence-corrected chi connectivity index (χ4v) is 4.81.